The van der Waals surface area contributed by atoms with E-state index in [2.05, 4.69) is 17.4 Å². The van der Waals surface area contributed by atoms with E-state index in [4.69, 9.17) is 14.5 Å². The largest absolute Gasteiger partial charge is 0.466 e. The molecule has 0 aliphatic rings. The molecule has 0 atom stereocenters. The van der Waals surface area contributed by atoms with E-state index in [1.807, 2.05) is 60.0 Å². The summed E-state index contributed by atoms with van der Waals surface area (Å²) < 4.78 is 12.5. The van der Waals surface area contributed by atoms with Crippen LogP contribution in [0.1, 0.15) is 30.9 Å². The summed E-state index contributed by atoms with van der Waals surface area (Å²) in [6.07, 6.45) is 1.89. The highest BCUT2D eigenvalue weighted by atomic mass is 16.5. The van der Waals surface area contributed by atoms with Crippen molar-refractivity contribution in [3.8, 4) is 17.0 Å². The molecule has 0 amide bonds. The van der Waals surface area contributed by atoms with Gasteiger partial charge in [-0.15, -0.1) is 0 Å². The summed E-state index contributed by atoms with van der Waals surface area (Å²) in [6, 6.07) is 21.4. The number of imidazole rings is 1. The van der Waals surface area contributed by atoms with Gasteiger partial charge in [-0.2, -0.15) is 0 Å². The van der Waals surface area contributed by atoms with Crippen molar-refractivity contribution in [2.45, 2.75) is 33.2 Å². The van der Waals surface area contributed by atoms with Crippen LogP contribution in [0.3, 0.4) is 0 Å². The number of aromatic nitrogens is 2. The molecule has 0 spiro atoms. The fourth-order valence-electron chi connectivity index (χ4n) is 3.65. The Bertz CT molecular complexity index is 1300. The van der Waals surface area contributed by atoms with Crippen LogP contribution in [0.4, 0.5) is 5.82 Å². The highest BCUT2D eigenvalue weighted by molar-refractivity contribution is 5.84. The van der Waals surface area contributed by atoms with Gasteiger partial charge in [-0.05, 0) is 49.2 Å². The van der Waals surface area contributed by atoms with E-state index in [0.29, 0.717) is 23.6 Å². The van der Waals surface area contributed by atoms with Crippen LogP contribution >= 0.6 is 0 Å². The number of carbonyl (C=O) groups excluding carboxylic acids is 2. The number of aryl methyl sites for hydroxylation is 1. The molecule has 0 aliphatic heterocycles. The summed E-state index contributed by atoms with van der Waals surface area (Å²) in [6.45, 7) is 4.64. The molecule has 2 aromatic heterocycles. The molecule has 7 heteroatoms. The average Bonchev–Trinajstić information content (AvgIpc) is 3.20. The number of hydrogen-bond donors (Lipinski definition) is 1. The van der Waals surface area contributed by atoms with E-state index in [1.54, 1.807) is 19.1 Å². The fourth-order valence-corrected chi connectivity index (χ4v) is 3.65. The number of benzene rings is 2. The van der Waals surface area contributed by atoms with Crippen molar-refractivity contribution in [1.82, 2.24) is 9.38 Å². The molecule has 0 fully saturated rings. The van der Waals surface area contributed by atoms with Crippen molar-refractivity contribution >= 4 is 23.4 Å². The summed E-state index contributed by atoms with van der Waals surface area (Å²) >= 11 is 0. The molecule has 4 rings (SSSR count). The summed E-state index contributed by atoms with van der Waals surface area (Å²) in [4.78, 5) is 28.9. The van der Waals surface area contributed by atoms with E-state index in [0.717, 1.165) is 22.6 Å². The summed E-state index contributed by atoms with van der Waals surface area (Å²) in [5.41, 5.74) is 4.37. The molecule has 0 saturated carbocycles. The fraction of sp³-hybridized carbons (Fsp3) is 0.222. The van der Waals surface area contributed by atoms with Crippen LogP contribution < -0.4 is 10.1 Å². The van der Waals surface area contributed by atoms with Gasteiger partial charge < -0.3 is 14.8 Å². The summed E-state index contributed by atoms with van der Waals surface area (Å²) in [7, 11) is 0. The molecule has 0 radical (unpaired) electrons. The molecular weight excluding hydrogens is 430 g/mol. The third kappa shape index (κ3) is 5.43. The first-order valence-electron chi connectivity index (χ1n) is 11.3. The number of esters is 2. The molecular formula is C27H27N3O4. The first-order chi connectivity index (χ1) is 16.5. The molecule has 4 aromatic rings. The standard InChI is InChI=1S/C27H27N3O4/c1-3-33-24(31)13-14-25(32)34-22-12-8-7-11-21(22)26-27(28-18-20-9-5-4-6-10-20)30-16-15-19(2)17-23(30)29-26/h4-12,15-17,28H,3,13-14,18H2,1-2H3. The second-order valence-electron chi connectivity index (χ2n) is 7.86. The van der Waals surface area contributed by atoms with E-state index >= 15 is 0 Å². The predicted molar refractivity (Wildman–Crippen MR) is 131 cm³/mol. The first-order valence-corrected chi connectivity index (χ1v) is 11.3. The lowest BCUT2D eigenvalue weighted by molar-refractivity contribution is -0.146. The number of para-hydroxylation sites is 1. The van der Waals surface area contributed by atoms with Crippen molar-refractivity contribution < 1.29 is 19.1 Å². The zero-order chi connectivity index (χ0) is 23.9. The second-order valence-corrected chi connectivity index (χ2v) is 7.86. The molecule has 7 nitrogen and oxygen atoms in total. The van der Waals surface area contributed by atoms with E-state index in [-0.39, 0.29) is 19.4 Å². The molecule has 0 aliphatic carbocycles. The minimum atomic E-state index is -0.501. The topological polar surface area (TPSA) is 81.9 Å². The number of pyridine rings is 1. The van der Waals surface area contributed by atoms with Gasteiger partial charge in [0, 0.05) is 18.3 Å². The lowest BCUT2D eigenvalue weighted by Crippen LogP contribution is -2.12. The SMILES string of the molecule is CCOC(=O)CCC(=O)Oc1ccccc1-c1nc2cc(C)ccn2c1NCc1ccccc1. The van der Waals surface area contributed by atoms with Gasteiger partial charge in [0.25, 0.3) is 0 Å². The monoisotopic (exact) mass is 457 g/mol. The molecule has 1 N–H and O–H groups in total. The number of rotatable bonds is 9. The first kappa shape index (κ1) is 23.0. The Kier molecular flexibility index (Phi) is 7.22. The Balaban J connectivity index is 1.65. The average molecular weight is 458 g/mol. The highest BCUT2D eigenvalue weighted by Gasteiger charge is 2.19. The molecule has 0 unspecified atom stereocenters. The van der Waals surface area contributed by atoms with E-state index in [1.165, 1.54) is 0 Å². The molecule has 0 bridgehead atoms. The zero-order valence-electron chi connectivity index (χ0n) is 19.3. The van der Waals surface area contributed by atoms with Crippen LogP contribution in [0.5, 0.6) is 5.75 Å². The number of nitrogens with zero attached hydrogens (tertiary/aromatic N) is 2. The van der Waals surface area contributed by atoms with Crippen molar-refractivity contribution in [2.75, 3.05) is 11.9 Å². The number of hydrogen-bond acceptors (Lipinski definition) is 6. The van der Waals surface area contributed by atoms with Crippen molar-refractivity contribution in [3.63, 3.8) is 0 Å². The van der Waals surface area contributed by atoms with Crippen LogP contribution in [0.2, 0.25) is 0 Å². The minimum Gasteiger partial charge on any atom is -0.466 e. The van der Waals surface area contributed by atoms with Gasteiger partial charge in [-0.3, -0.25) is 14.0 Å². The van der Waals surface area contributed by atoms with Crippen LogP contribution in [0.15, 0.2) is 72.9 Å². The molecule has 0 saturated heterocycles. The Morgan fingerprint density at radius 1 is 0.971 bits per heavy atom. The lowest BCUT2D eigenvalue weighted by Gasteiger charge is -2.12. The lowest BCUT2D eigenvalue weighted by atomic mass is 10.1. The number of nitrogens with one attached hydrogen (secondary N) is 1. The van der Waals surface area contributed by atoms with E-state index in [9.17, 15) is 9.59 Å². The molecule has 2 heterocycles. The smallest absolute Gasteiger partial charge is 0.311 e. The van der Waals surface area contributed by atoms with Crippen molar-refractivity contribution in [2.24, 2.45) is 0 Å². The maximum Gasteiger partial charge on any atom is 0.311 e. The normalized spacial score (nSPS) is 10.8. The Morgan fingerprint density at radius 3 is 2.50 bits per heavy atom. The molecule has 34 heavy (non-hydrogen) atoms. The number of fused-ring (bicyclic) bond motifs is 1. The maximum absolute atomic E-state index is 12.4. The van der Waals surface area contributed by atoms with Crippen molar-refractivity contribution in [3.05, 3.63) is 84.1 Å². The van der Waals surface area contributed by atoms with Gasteiger partial charge in [0.05, 0.1) is 19.4 Å². The van der Waals surface area contributed by atoms with E-state index < -0.39 is 11.9 Å². The third-order valence-electron chi connectivity index (χ3n) is 5.29. The summed E-state index contributed by atoms with van der Waals surface area (Å²) in [5.74, 6) is 0.267. The van der Waals surface area contributed by atoms with Gasteiger partial charge in [-0.1, -0.05) is 42.5 Å². The number of ether oxygens (including phenoxy) is 2. The zero-order valence-corrected chi connectivity index (χ0v) is 19.3. The molecule has 2 aromatic carbocycles. The van der Waals surface area contributed by atoms with Crippen LogP contribution in [0, 0.1) is 6.92 Å². The maximum atomic E-state index is 12.4. The van der Waals surface area contributed by atoms with Gasteiger partial charge in [0.1, 0.15) is 22.9 Å². The quantitative estimate of drug-likeness (QED) is 0.276. The van der Waals surface area contributed by atoms with Gasteiger partial charge >= 0.3 is 11.9 Å². The predicted octanol–water partition coefficient (Wildman–Crippen LogP) is 5.17. The van der Waals surface area contributed by atoms with Gasteiger partial charge in [0.15, 0.2) is 0 Å². The highest BCUT2D eigenvalue weighted by Crippen LogP contribution is 2.36. The van der Waals surface area contributed by atoms with Crippen LogP contribution in [-0.2, 0) is 20.9 Å². The van der Waals surface area contributed by atoms with Crippen LogP contribution in [0.25, 0.3) is 16.9 Å². The van der Waals surface area contributed by atoms with Gasteiger partial charge in [0.2, 0.25) is 0 Å². The number of anilines is 1. The number of carbonyl (C=O) groups is 2. The van der Waals surface area contributed by atoms with Crippen molar-refractivity contribution in [1.29, 1.82) is 0 Å². The van der Waals surface area contributed by atoms with Gasteiger partial charge in [-0.25, -0.2) is 4.98 Å². The van der Waals surface area contributed by atoms with Crippen LogP contribution in [-0.4, -0.2) is 27.9 Å². The Hall–Kier alpha value is -4.13. The minimum absolute atomic E-state index is 0.0215. The summed E-state index contributed by atoms with van der Waals surface area (Å²) in [5, 5.41) is 3.50. The second kappa shape index (κ2) is 10.7. The third-order valence-corrected chi connectivity index (χ3v) is 5.29. The Morgan fingerprint density at radius 2 is 1.71 bits per heavy atom. The Labute approximate surface area is 198 Å². The molecule has 174 valence electrons.